The van der Waals surface area contributed by atoms with Gasteiger partial charge in [-0.25, -0.2) is 4.98 Å². The number of benzene rings is 2. The number of imidazole rings is 1. The lowest BCUT2D eigenvalue weighted by Gasteiger charge is -2.11. The zero-order valence-electron chi connectivity index (χ0n) is 14.5. The minimum atomic E-state index is 0.472. The fourth-order valence-electron chi connectivity index (χ4n) is 2.87. The number of nitrogens with zero attached hydrogens (tertiary/aromatic N) is 2. The molecule has 0 aliphatic carbocycles. The summed E-state index contributed by atoms with van der Waals surface area (Å²) >= 11 is 0. The molecule has 2 N–H and O–H groups in total. The van der Waals surface area contributed by atoms with Crippen molar-refractivity contribution in [3.8, 4) is 5.75 Å². The molecule has 0 aliphatic rings. The molecule has 2 aromatic carbocycles. The van der Waals surface area contributed by atoms with Gasteiger partial charge in [-0.3, -0.25) is 0 Å². The fourth-order valence-corrected chi connectivity index (χ4v) is 2.87. The predicted molar refractivity (Wildman–Crippen MR) is 98.3 cm³/mol. The normalized spacial score (nSPS) is 11.1. The Balaban J connectivity index is 1.90. The lowest BCUT2D eigenvalue weighted by Crippen LogP contribution is -2.09. The Hall–Kier alpha value is -2.33. The highest BCUT2D eigenvalue weighted by molar-refractivity contribution is 5.78. The number of fused-ring (bicyclic) bond motifs is 1. The first-order chi connectivity index (χ1) is 11.7. The van der Waals surface area contributed by atoms with Crippen molar-refractivity contribution in [1.82, 2.24) is 9.55 Å². The van der Waals surface area contributed by atoms with Gasteiger partial charge in [0.15, 0.2) is 0 Å². The van der Waals surface area contributed by atoms with Crippen molar-refractivity contribution >= 4 is 11.0 Å². The fraction of sp³-hybridized carbons (Fsp3) is 0.350. The van der Waals surface area contributed by atoms with E-state index in [0.717, 1.165) is 43.0 Å². The van der Waals surface area contributed by atoms with Crippen LogP contribution in [0, 0.1) is 13.8 Å². The van der Waals surface area contributed by atoms with Crippen molar-refractivity contribution in [3.05, 3.63) is 59.4 Å². The Morgan fingerprint density at radius 1 is 1.04 bits per heavy atom. The van der Waals surface area contributed by atoms with Gasteiger partial charge in [0.05, 0.1) is 11.0 Å². The maximum atomic E-state index is 5.92. The largest absolute Gasteiger partial charge is 0.486 e. The number of nitrogens with two attached hydrogens (primary N) is 1. The van der Waals surface area contributed by atoms with E-state index in [0.29, 0.717) is 6.61 Å². The molecule has 4 nitrogen and oxygen atoms in total. The van der Waals surface area contributed by atoms with E-state index < -0.39 is 0 Å². The number of rotatable bonds is 7. The monoisotopic (exact) mass is 323 g/mol. The lowest BCUT2D eigenvalue weighted by atomic mass is 10.1. The summed E-state index contributed by atoms with van der Waals surface area (Å²) in [4.78, 5) is 4.82. The highest BCUT2D eigenvalue weighted by Crippen LogP contribution is 2.22. The molecule has 0 saturated heterocycles. The summed E-state index contributed by atoms with van der Waals surface area (Å²) in [5.74, 6) is 1.83. The number of hydrogen-bond acceptors (Lipinski definition) is 3. The average molecular weight is 323 g/mol. The van der Waals surface area contributed by atoms with E-state index in [4.69, 9.17) is 15.5 Å². The van der Waals surface area contributed by atoms with Crippen LogP contribution in [-0.2, 0) is 13.2 Å². The van der Waals surface area contributed by atoms with Gasteiger partial charge in [-0.2, -0.15) is 0 Å². The van der Waals surface area contributed by atoms with Crippen molar-refractivity contribution in [2.24, 2.45) is 5.73 Å². The van der Waals surface area contributed by atoms with Gasteiger partial charge in [0.1, 0.15) is 18.2 Å². The number of aromatic nitrogens is 2. The maximum Gasteiger partial charge on any atom is 0.147 e. The Morgan fingerprint density at radius 2 is 1.79 bits per heavy atom. The second kappa shape index (κ2) is 7.49. The van der Waals surface area contributed by atoms with Crippen LogP contribution in [-0.4, -0.2) is 16.1 Å². The van der Waals surface area contributed by atoms with Gasteiger partial charge in [-0.1, -0.05) is 18.2 Å². The quantitative estimate of drug-likeness (QED) is 0.669. The van der Waals surface area contributed by atoms with E-state index in [1.807, 2.05) is 30.3 Å². The minimum Gasteiger partial charge on any atom is -0.486 e. The molecule has 0 fully saturated rings. The molecule has 0 bridgehead atoms. The summed E-state index contributed by atoms with van der Waals surface area (Å²) in [5, 5.41) is 0. The Bertz CT molecular complexity index is 809. The first-order valence-electron chi connectivity index (χ1n) is 8.53. The van der Waals surface area contributed by atoms with Crippen molar-refractivity contribution in [1.29, 1.82) is 0 Å². The molecule has 3 aromatic rings. The van der Waals surface area contributed by atoms with Crippen molar-refractivity contribution in [2.45, 2.75) is 39.8 Å². The van der Waals surface area contributed by atoms with Crippen LogP contribution >= 0.6 is 0 Å². The summed E-state index contributed by atoms with van der Waals surface area (Å²) in [5.41, 5.74) is 10.4. The van der Waals surface area contributed by atoms with Crippen LogP contribution in [0.5, 0.6) is 5.75 Å². The van der Waals surface area contributed by atoms with Gasteiger partial charge in [0.25, 0.3) is 0 Å². The Labute approximate surface area is 143 Å². The molecule has 0 spiro atoms. The molecule has 0 radical (unpaired) electrons. The summed E-state index contributed by atoms with van der Waals surface area (Å²) in [7, 11) is 0. The van der Waals surface area contributed by atoms with Gasteiger partial charge in [0.2, 0.25) is 0 Å². The number of ether oxygens (including phenoxy) is 1. The third-order valence-corrected chi connectivity index (χ3v) is 4.39. The molecular weight excluding hydrogens is 298 g/mol. The van der Waals surface area contributed by atoms with Crippen LogP contribution in [0.25, 0.3) is 11.0 Å². The van der Waals surface area contributed by atoms with Gasteiger partial charge in [-0.15, -0.1) is 0 Å². The van der Waals surface area contributed by atoms with Crippen LogP contribution in [0.4, 0.5) is 0 Å². The molecule has 0 unspecified atom stereocenters. The molecule has 0 amide bonds. The highest BCUT2D eigenvalue weighted by atomic mass is 16.5. The van der Waals surface area contributed by atoms with Gasteiger partial charge in [-0.05, 0) is 68.6 Å². The van der Waals surface area contributed by atoms with Crippen molar-refractivity contribution < 1.29 is 4.74 Å². The minimum absolute atomic E-state index is 0.472. The second-order valence-corrected chi connectivity index (χ2v) is 6.20. The van der Waals surface area contributed by atoms with E-state index in [9.17, 15) is 0 Å². The third-order valence-electron chi connectivity index (χ3n) is 4.39. The molecule has 0 aliphatic heterocycles. The van der Waals surface area contributed by atoms with Crippen LogP contribution in [0.15, 0.2) is 42.5 Å². The summed E-state index contributed by atoms with van der Waals surface area (Å²) in [6.45, 7) is 6.39. The number of aryl methyl sites for hydroxylation is 3. The Morgan fingerprint density at radius 3 is 2.54 bits per heavy atom. The smallest absolute Gasteiger partial charge is 0.147 e. The summed E-state index contributed by atoms with van der Waals surface area (Å²) in [6, 6.07) is 14.3. The van der Waals surface area contributed by atoms with E-state index in [1.54, 1.807) is 0 Å². The number of unbranched alkanes of at least 4 members (excludes halogenated alkanes) is 1. The topological polar surface area (TPSA) is 53.1 Å². The Kier molecular flexibility index (Phi) is 5.16. The third kappa shape index (κ3) is 3.60. The molecule has 4 heteroatoms. The van der Waals surface area contributed by atoms with E-state index in [-0.39, 0.29) is 0 Å². The van der Waals surface area contributed by atoms with Crippen LogP contribution in [0.3, 0.4) is 0 Å². The first-order valence-corrected chi connectivity index (χ1v) is 8.53. The van der Waals surface area contributed by atoms with Crippen molar-refractivity contribution in [2.75, 3.05) is 6.54 Å². The standard InChI is InChI=1S/C20H25N3O/c1-15-12-18-19(13-16(15)2)23(11-7-6-10-21)20(22-18)14-24-17-8-4-3-5-9-17/h3-5,8-9,12-13H,6-7,10-11,14,21H2,1-2H3. The van der Waals surface area contributed by atoms with Crippen LogP contribution in [0.2, 0.25) is 0 Å². The molecule has 0 atom stereocenters. The first kappa shape index (κ1) is 16.5. The molecule has 24 heavy (non-hydrogen) atoms. The lowest BCUT2D eigenvalue weighted by molar-refractivity contribution is 0.289. The second-order valence-electron chi connectivity index (χ2n) is 6.20. The molecule has 3 rings (SSSR count). The average Bonchev–Trinajstić information content (AvgIpc) is 2.91. The van der Waals surface area contributed by atoms with E-state index >= 15 is 0 Å². The van der Waals surface area contributed by atoms with Gasteiger partial charge in [0, 0.05) is 6.54 Å². The molecule has 1 aromatic heterocycles. The summed E-state index contributed by atoms with van der Waals surface area (Å²) < 4.78 is 8.20. The molecule has 1 heterocycles. The van der Waals surface area contributed by atoms with E-state index in [1.165, 1.54) is 16.6 Å². The number of para-hydroxylation sites is 1. The summed E-state index contributed by atoms with van der Waals surface area (Å²) in [6.07, 6.45) is 2.07. The zero-order valence-corrected chi connectivity index (χ0v) is 14.5. The predicted octanol–water partition coefficient (Wildman–Crippen LogP) is 3.97. The van der Waals surface area contributed by atoms with Crippen LogP contribution in [0.1, 0.15) is 29.8 Å². The SMILES string of the molecule is Cc1cc2nc(COc3ccccc3)n(CCCCN)c2cc1C. The van der Waals surface area contributed by atoms with Gasteiger partial charge >= 0.3 is 0 Å². The molecular formula is C20H25N3O. The van der Waals surface area contributed by atoms with E-state index in [2.05, 4.69) is 30.5 Å². The van der Waals surface area contributed by atoms with Crippen LogP contribution < -0.4 is 10.5 Å². The zero-order chi connectivity index (χ0) is 16.9. The molecule has 0 saturated carbocycles. The number of hydrogen-bond donors (Lipinski definition) is 1. The van der Waals surface area contributed by atoms with Crippen molar-refractivity contribution in [3.63, 3.8) is 0 Å². The molecule has 126 valence electrons. The highest BCUT2D eigenvalue weighted by Gasteiger charge is 2.12. The van der Waals surface area contributed by atoms with Gasteiger partial charge < -0.3 is 15.0 Å². The maximum absolute atomic E-state index is 5.92.